The van der Waals surface area contributed by atoms with E-state index in [9.17, 15) is 0 Å². The molecule has 4 heteroatoms. The van der Waals surface area contributed by atoms with Gasteiger partial charge in [-0.2, -0.15) is 0 Å². The molecule has 0 unspecified atom stereocenters. The van der Waals surface area contributed by atoms with E-state index in [0.717, 1.165) is 27.2 Å². The van der Waals surface area contributed by atoms with E-state index >= 15 is 0 Å². The molecule has 0 heterocycles. The van der Waals surface area contributed by atoms with Gasteiger partial charge in [-0.05, 0) is 30.3 Å². The molecule has 0 radical (unpaired) electrons. The topological polar surface area (TPSA) is 30.5 Å². The minimum atomic E-state index is 0.670. The molecule has 1 N–H and O–H groups in total. The molecule has 3 nitrogen and oxygen atoms in total. The highest BCUT2D eigenvalue weighted by atomic mass is 79.9. The lowest BCUT2D eigenvalue weighted by Crippen LogP contribution is -2.03. The van der Waals surface area contributed by atoms with Crippen LogP contribution in [0.2, 0.25) is 0 Å². The third kappa shape index (κ3) is 3.41. The van der Waals surface area contributed by atoms with Crippen LogP contribution < -0.4 is 14.8 Å². The van der Waals surface area contributed by atoms with Crippen molar-refractivity contribution in [2.24, 2.45) is 0 Å². The zero-order chi connectivity index (χ0) is 13.7. The summed E-state index contributed by atoms with van der Waals surface area (Å²) in [4.78, 5) is 0. The molecule has 0 atom stereocenters. The quantitative estimate of drug-likeness (QED) is 0.900. The number of halogens is 1. The number of nitrogens with one attached hydrogen (secondary N) is 1. The average Bonchev–Trinajstić information content (AvgIpc) is 2.45. The third-order valence-electron chi connectivity index (χ3n) is 2.82. The van der Waals surface area contributed by atoms with Crippen molar-refractivity contribution in [1.29, 1.82) is 0 Å². The van der Waals surface area contributed by atoms with Crippen LogP contribution in [0.5, 0.6) is 11.5 Å². The molecule has 100 valence electrons. The molecule has 0 fully saturated rings. The van der Waals surface area contributed by atoms with Crippen LogP contribution in [0.3, 0.4) is 0 Å². The van der Waals surface area contributed by atoms with Crippen molar-refractivity contribution in [2.75, 3.05) is 19.5 Å². The molecule has 0 aliphatic carbocycles. The van der Waals surface area contributed by atoms with Crippen LogP contribution in [-0.4, -0.2) is 14.2 Å². The molecule has 0 bridgehead atoms. The first kappa shape index (κ1) is 13.7. The Bertz CT molecular complexity index is 558. The Labute approximate surface area is 121 Å². The lowest BCUT2D eigenvalue weighted by molar-refractivity contribution is 0.409. The molecular formula is C15H16BrNO2. The fourth-order valence-electron chi connectivity index (χ4n) is 1.87. The van der Waals surface area contributed by atoms with E-state index in [4.69, 9.17) is 9.47 Å². The number of rotatable bonds is 5. The van der Waals surface area contributed by atoms with Crippen molar-refractivity contribution < 1.29 is 9.47 Å². The van der Waals surface area contributed by atoms with Crippen LogP contribution >= 0.6 is 15.9 Å². The molecule has 0 aromatic heterocycles. The number of para-hydroxylation sites is 2. The van der Waals surface area contributed by atoms with Crippen molar-refractivity contribution >= 4 is 21.6 Å². The van der Waals surface area contributed by atoms with Crippen LogP contribution in [0.1, 0.15) is 5.56 Å². The monoisotopic (exact) mass is 321 g/mol. The largest absolute Gasteiger partial charge is 0.496 e. The van der Waals surface area contributed by atoms with Gasteiger partial charge in [0.2, 0.25) is 0 Å². The second-order valence-corrected chi connectivity index (χ2v) is 4.93. The first-order valence-electron chi connectivity index (χ1n) is 5.94. The van der Waals surface area contributed by atoms with Crippen LogP contribution in [0, 0.1) is 0 Å². The van der Waals surface area contributed by atoms with Crippen LogP contribution in [0.4, 0.5) is 5.69 Å². The van der Waals surface area contributed by atoms with Gasteiger partial charge in [0.25, 0.3) is 0 Å². The SMILES string of the molecule is COc1ccc(Br)cc1CNc1ccccc1OC. The summed E-state index contributed by atoms with van der Waals surface area (Å²) < 4.78 is 11.7. The smallest absolute Gasteiger partial charge is 0.141 e. The molecule has 0 aliphatic rings. The normalized spacial score (nSPS) is 10.1. The van der Waals surface area contributed by atoms with Crippen LogP contribution in [0.25, 0.3) is 0 Å². The predicted octanol–water partition coefficient (Wildman–Crippen LogP) is 4.08. The Morgan fingerprint density at radius 3 is 2.47 bits per heavy atom. The summed E-state index contributed by atoms with van der Waals surface area (Å²) in [7, 11) is 3.34. The lowest BCUT2D eigenvalue weighted by atomic mass is 10.2. The lowest BCUT2D eigenvalue weighted by Gasteiger charge is -2.13. The van der Waals surface area contributed by atoms with Gasteiger partial charge in [-0.25, -0.2) is 0 Å². The highest BCUT2D eigenvalue weighted by molar-refractivity contribution is 9.10. The molecule has 0 spiro atoms. The summed E-state index contributed by atoms with van der Waals surface area (Å²) >= 11 is 3.47. The van der Waals surface area contributed by atoms with E-state index in [-0.39, 0.29) is 0 Å². The highest BCUT2D eigenvalue weighted by Gasteiger charge is 2.05. The minimum absolute atomic E-state index is 0.670. The Kier molecular flexibility index (Phi) is 4.68. The predicted molar refractivity (Wildman–Crippen MR) is 81.0 cm³/mol. The summed E-state index contributed by atoms with van der Waals surface area (Å²) in [6.45, 7) is 0.670. The molecule has 0 saturated heterocycles. The summed E-state index contributed by atoms with van der Waals surface area (Å²) in [5.74, 6) is 1.70. The zero-order valence-corrected chi connectivity index (χ0v) is 12.5. The van der Waals surface area contributed by atoms with Crippen molar-refractivity contribution in [1.82, 2.24) is 0 Å². The second kappa shape index (κ2) is 6.48. The molecule has 0 aliphatic heterocycles. The van der Waals surface area contributed by atoms with Crippen molar-refractivity contribution in [2.45, 2.75) is 6.54 Å². The van der Waals surface area contributed by atoms with Crippen LogP contribution in [-0.2, 0) is 6.54 Å². The maximum Gasteiger partial charge on any atom is 0.141 e. The fraction of sp³-hybridized carbons (Fsp3) is 0.200. The standard InChI is InChI=1S/C15H16BrNO2/c1-18-14-8-7-12(16)9-11(14)10-17-13-5-3-4-6-15(13)19-2/h3-9,17H,10H2,1-2H3. The molecule has 19 heavy (non-hydrogen) atoms. The number of methoxy groups -OCH3 is 2. The second-order valence-electron chi connectivity index (χ2n) is 4.01. The number of hydrogen-bond donors (Lipinski definition) is 1. The van der Waals surface area contributed by atoms with E-state index in [2.05, 4.69) is 21.2 Å². The summed E-state index contributed by atoms with van der Waals surface area (Å²) in [5.41, 5.74) is 2.05. The van der Waals surface area contributed by atoms with Gasteiger partial charge in [0, 0.05) is 16.6 Å². The van der Waals surface area contributed by atoms with Gasteiger partial charge in [0.1, 0.15) is 11.5 Å². The summed E-state index contributed by atoms with van der Waals surface area (Å²) in [5, 5.41) is 3.36. The van der Waals surface area contributed by atoms with Gasteiger partial charge in [-0.15, -0.1) is 0 Å². The Hall–Kier alpha value is -1.68. The number of benzene rings is 2. The zero-order valence-electron chi connectivity index (χ0n) is 10.9. The van der Waals surface area contributed by atoms with Gasteiger partial charge in [0.15, 0.2) is 0 Å². The molecule has 0 saturated carbocycles. The minimum Gasteiger partial charge on any atom is -0.496 e. The van der Waals surface area contributed by atoms with Gasteiger partial charge < -0.3 is 14.8 Å². The first-order chi connectivity index (χ1) is 9.24. The maximum absolute atomic E-state index is 5.35. The molecular weight excluding hydrogens is 306 g/mol. The average molecular weight is 322 g/mol. The Balaban J connectivity index is 2.16. The fourth-order valence-corrected chi connectivity index (χ4v) is 2.27. The van der Waals surface area contributed by atoms with Crippen molar-refractivity contribution in [3.05, 3.63) is 52.5 Å². The van der Waals surface area contributed by atoms with Crippen molar-refractivity contribution in [3.8, 4) is 11.5 Å². The number of hydrogen-bond acceptors (Lipinski definition) is 3. The van der Waals surface area contributed by atoms with E-state index in [1.165, 1.54) is 0 Å². The van der Waals surface area contributed by atoms with Gasteiger partial charge in [-0.3, -0.25) is 0 Å². The van der Waals surface area contributed by atoms with Gasteiger partial charge in [-0.1, -0.05) is 28.1 Å². The summed E-state index contributed by atoms with van der Waals surface area (Å²) in [6, 6.07) is 13.8. The number of anilines is 1. The third-order valence-corrected chi connectivity index (χ3v) is 3.31. The molecule has 2 aromatic rings. The van der Waals surface area contributed by atoms with Crippen LogP contribution in [0.15, 0.2) is 46.9 Å². The van der Waals surface area contributed by atoms with Gasteiger partial charge >= 0.3 is 0 Å². The highest BCUT2D eigenvalue weighted by Crippen LogP contribution is 2.27. The molecule has 2 rings (SSSR count). The summed E-state index contributed by atoms with van der Waals surface area (Å²) in [6.07, 6.45) is 0. The van der Waals surface area contributed by atoms with E-state index < -0.39 is 0 Å². The maximum atomic E-state index is 5.35. The van der Waals surface area contributed by atoms with E-state index in [0.29, 0.717) is 6.54 Å². The van der Waals surface area contributed by atoms with E-state index in [1.54, 1.807) is 14.2 Å². The van der Waals surface area contributed by atoms with E-state index in [1.807, 2.05) is 42.5 Å². The number of ether oxygens (including phenoxy) is 2. The first-order valence-corrected chi connectivity index (χ1v) is 6.73. The molecule has 2 aromatic carbocycles. The Morgan fingerprint density at radius 1 is 1.00 bits per heavy atom. The Morgan fingerprint density at radius 2 is 1.74 bits per heavy atom. The van der Waals surface area contributed by atoms with Crippen molar-refractivity contribution in [3.63, 3.8) is 0 Å². The molecule has 0 amide bonds. The van der Waals surface area contributed by atoms with Gasteiger partial charge in [0.05, 0.1) is 19.9 Å².